The molecule has 18 heavy (non-hydrogen) atoms. The van der Waals surface area contributed by atoms with Gasteiger partial charge < -0.3 is 0 Å². The lowest BCUT2D eigenvalue weighted by Gasteiger charge is -2.07. The fraction of sp³-hybridized carbons (Fsp3) is 0.0833. The second kappa shape index (κ2) is 3.19. The third-order valence-electron chi connectivity index (χ3n) is 3.11. The fourth-order valence-corrected chi connectivity index (χ4v) is 2.24. The Morgan fingerprint density at radius 3 is 3.06 bits per heavy atom. The molecule has 0 unspecified atom stereocenters. The Kier molecular flexibility index (Phi) is 1.67. The molecule has 4 rings (SSSR count). The number of benzene rings is 1. The summed E-state index contributed by atoms with van der Waals surface area (Å²) in [6.45, 7) is 0.501. The normalized spacial score (nSPS) is 14.2. The van der Waals surface area contributed by atoms with Gasteiger partial charge in [0.2, 0.25) is 5.82 Å². The summed E-state index contributed by atoms with van der Waals surface area (Å²) in [4.78, 5) is 16.6. The van der Waals surface area contributed by atoms with Crippen LogP contribution in [0.4, 0.5) is 5.82 Å². The van der Waals surface area contributed by atoms with E-state index in [0.29, 0.717) is 17.8 Å². The highest BCUT2D eigenvalue weighted by molar-refractivity contribution is 5.31. The van der Waals surface area contributed by atoms with Crippen molar-refractivity contribution in [1.29, 1.82) is 0 Å². The summed E-state index contributed by atoms with van der Waals surface area (Å²) in [6, 6.07) is 7.84. The Hall–Kier alpha value is -2.63. The average molecular weight is 237 g/mol. The molecular weight excluding hydrogens is 230 g/mol. The zero-order valence-electron chi connectivity index (χ0n) is 9.24. The Bertz CT molecular complexity index is 971. The highest BCUT2D eigenvalue weighted by Crippen LogP contribution is 2.05. The van der Waals surface area contributed by atoms with Crippen molar-refractivity contribution >= 4 is 11.9 Å². The molecule has 2 aliphatic heterocycles. The minimum atomic E-state index is -0.189. The minimum absolute atomic E-state index is 0.189. The molecule has 0 spiro atoms. The molecule has 6 heteroatoms. The van der Waals surface area contributed by atoms with Crippen LogP contribution in [0.3, 0.4) is 0 Å². The van der Waals surface area contributed by atoms with E-state index in [4.69, 9.17) is 0 Å². The quantitative estimate of drug-likeness (QED) is 0.644. The van der Waals surface area contributed by atoms with E-state index in [9.17, 15) is 4.79 Å². The molecule has 1 aromatic heterocycles. The lowest BCUT2D eigenvalue weighted by atomic mass is 10.2. The van der Waals surface area contributed by atoms with Crippen molar-refractivity contribution in [1.82, 2.24) is 9.55 Å². The van der Waals surface area contributed by atoms with Crippen LogP contribution in [0.25, 0.3) is 6.08 Å². The maximum Gasteiger partial charge on any atom is 0.284 e. The maximum atomic E-state index is 12.2. The highest BCUT2D eigenvalue weighted by Gasteiger charge is 2.13. The zero-order chi connectivity index (χ0) is 12.1. The van der Waals surface area contributed by atoms with E-state index in [0.717, 1.165) is 10.4 Å². The van der Waals surface area contributed by atoms with E-state index >= 15 is 0 Å². The van der Waals surface area contributed by atoms with E-state index in [-0.39, 0.29) is 10.9 Å². The molecule has 86 valence electrons. The van der Waals surface area contributed by atoms with Crippen molar-refractivity contribution in [3.8, 4) is 0 Å². The van der Waals surface area contributed by atoms with E-state index in [1.54, 1.807) is 4.57 Å². The number of hydrogen-bond acceptors (Lipinski definition) is 5. The first kappa shape index (κ1) is 9.41. The van der Waals surface area contributed by atoms with Crippen LogP contribution in [0.2, 0.25) is 0 Å². The Morgan fingerprint density at radius 2 is 2.11 bits per heavy atom. The predicted octanol–water partition coefficient (Wildman–Crippen LogP) is -0.0437. The molecule has 2 aliphatic rings. The molecular formula is C12H7N5O. The third-order valence-corrected chi connectivity index (χ3v) is 3.11. The average Bonchev–Trinajstić information content (AvgIpc) is 2.87. The summed E-state index contributed by atoms with van der Waals surface area (Å²) in [6.07, 6.45) is 2.00. The fourth-order valence-electron chi connectivity index (χ4n) is 2.24. The van der Waals surface area contributed by atoms with Crippen molar-refractivity contribution in [3.63, 3.8) is 0 Å². The van der Waals surface area contributed by atoms with Crippen LogP contribution in [-0.2, 0) is 6.54 Å². The molecule has 0 atom stereocenters. The van der Waals surface area contributed by atoms with Crippen molar-refractivity contribution in [2.75, 3.05) is 0 Å². The first-order valence-electron chi connectivity index (χ1n) is 5.54. The molecule has 0 amide bonds. The Morgan fingerprint density at radius 1 is 1.22 bits per heavy atom. The molecule has 0 saturated heterocycles. The van der Waals surface area contributed by atoms with Gasteiger partial charge in [-0.15, -0.1) is 10.2 Å². The van der Waals surface area contributed by atoms with Crippen LogP contribution in [0.1, 0.15) is 0 Å². The van der Waals surface area contributed by atoms with Gasteiger partial charge in [-0.25, -0.2) is 4.98 Å². The van der Waals surface area contributed by atoms with Gasteiger partial charge in [0, 0.05) is 11.8 Å². The summed E-state index contributed by atoms with van der Waals surface area (Å²) >= 11 is 0. The minimum Gasteiger partial charge on any atom is -0.287 e. The molecule has 0 radical (unpaired) electrons. The number of hydrogen-bond donors (Lipinski definition) is 0. The van der Waals surface area contributed by atoms with Gasteiger partial charge in [-0.3, -0.25) is 9.36 Å². The zero-order valence-corrected chi connectivity index (χ0v) is 9.24. The van der Waals surface area contributed by atoms with Gasteiger partial charge >= 0.3 is 0 Å². The third kappa shape index (κ3) is 1.09. The van der Waals surface area contributed by atoms with E-state index in [1.165, 1.54) is 0 Å². The van der Waals surface area contributed by atoms with Gasteiger partial charge in [-0.1, -0.05) is 30.3 Å². The molecule has 0 bridgehead atoms. The van der Waals surface area contributed by atoms with Crippen LogP contribution in [-0.4, -0.2) is 9.55 Å². The van der Waals surface area contributed by atoms with Crippen molar-refractivity contribution in [3.05, 3.63) is 55.9 Å². The number of nitrogens with zero attached hydrogens (tertiary/aromatic N) is 5. The number of rotatable bonds is 0. The van der Waals surface area contributed by atoms with Crippen LogP contribution in [0.15, 0.2) is 44.5 Å². The highest BCUT2D eigenvalue weighted by atomic mass is 16.1. The topological polar surface area (TPSA) is 72.0 Å². The first-order valence-corrected chi connectivity index (χ1v) is 5.54. The van der Waals surface area contributed by atoms with Crippen LogP contribution in [0.5, 0.6) is 0 Å². The second-order valence-electron chi connectivity index (χ2n) is 4.10. The smallest absolute Gasteiger partial charge is 0.284 e. The van der Waals surface area contributed by atoms with Crippen LogP contribution < -0.4 is 16.1 Å². The number of fused-ring (bicyclic) bond motifs is 3. The molecule has 3 heterocycles. The van der Waals surface area contributed by atoms with Gasteiger partial charge in [0.25, 0.3) is 5.56 Å². The summed E-state index contributed by atoms with van der Waals surface area (Å²) in [5, 5.41) is 13.2. The lowest BCUT2D eigenvalue weighted by Crippen LogP contribution is -2.37. The summed E-state index contributed by atoms with van der Waals surface area (Å²) < 4.78 is 1.60. The second-order valence-corrected chi connectivity index (χ2v) is 4.10. The van der Waals surface area contributed by atoms with Gasteiger partial charge in [-0.2, -0.15) is 0 Å². The Balaban J connectivity index is 2.39. The van der Waals surface area contributed by atoms with E-state index in [2.05, 4.69) is 20.4 Å². The lowest BCUT2D eigenvalue weighted by molar-refractivity contribution is 0.719. The van der Waals surface area contributed by atoms with Gasteiger partial charge in [0.15, 0.2) is 5.36 Å². The maximum absolute atomic E-state index is 12.2. The standard InChI is InChI=1S/C12H7N5O/c18-12-9-10(15-16-14-9)13-11-8-4-2-1-3-7(8)5-6-17(11)12/h1-5H,6H2. The summed E-state index contributed by atoms with van der Waals surface area (Å²) in [5.74, 6) is 0.308. The molecule has 1 aromatic carbocycles. The molecule has 2 aromatic rings. The predicted molar refractivity (Wildman–Crippen MR) is 62.4 cm³/mol. The molecule has 0 fully saturated rings. The van der Waals surface area contributed by atoms with Crippen LogP contribution >= 0.6 is 0 Å². The largest absolute Gasteiger partial charge is 0.287 e. The summed E-state index contributed by atoms with van der Waals surface area (Å²) in [5.41, 5.74) is 0.443. The van der Waals surface area contributed by atoms with Gasteiger partial charge in [0.1, 0.15) is 5.48 Å². The monoisotopic (exact) mass is 237 g/mol. The van der Waals surface area contributed by atoms with Gasteiger partial charge in [-0.05, 0) is 10.4 Å². The van der Waals surface area contributed by atoms with E-state index < -0.39 is 0 Å². The molecule has 0 saturated carbocycles. The molecule has 6 nitrogen and oxygen atoms in total. The van der Waals surface area contributed by atoms with Crippen molar-refractivity contribution in [2.45, 2.75) is 6.54 Å². The van der Waals surface area contributed by atoms with Crippen molar-refractivity contribution in [2.24, 2.45) is 15.4 Å². The molecule has 0 aliphatic carbocycles. The SMILES string of the molecule is O=c1c2c(nc3n1CC=c1ccccc1=3)N=NN=2. The van der Waals surface area contributed by atoms with Crippen molar-refractivity contribution < 1.29 is 0 Å². The van der Waals surface area contributed by atoms with Crippen LogP contribution in [0, 0.1) is 10.7 Å². The number of aromatic nitrogens is 2. The Labute approximate surface area is 100.0 Å². The first-order chi connectivity index (χ1) is 8.84. The van der Waals surface area contributed by atoms with Gasteiger partial charge in [0.05, 0.1) is 0 Å². The summed E-state index contributed by atoms with van der Waals surface area (Å²) in [7, 11) is 0. The molecule has 0 N–H and O–H groups in total. The van der Waals surface area contributed by atoms with E-state index in [1.807, 2.05) is 30.3 Å².